The smallest absolute Gasteiger partial charge is 0.0244 e. The van der Waals surface area contributed by atoms with Crippen molar-refractivity contribution in [3.8, 4) is 0 Å². The fourth-order valence-electron chi connectivity index (χ4n) is 3.39. The van der Waals surface area contributed by atoms with E-state index in [0.29, 0.717) is 6.04 Å². The van der Waals surface area contributed by atoms with Gasteiger partial charge in [0.25, 0.3) is 0 Å². The Kier molecular flexibility index (Phi) is 4.26. The van der Waals surface area contributed by atoms with Crippen LogP contribution in [0.1, 0.15) is 46.5 Å². The monoisotopic (exact) mass is 224 g/mol. The van der Waals surface area contributed by atoms with Gasteiger partial charge in [-0.25, -0.2) is 0 Å². The molecule has 2 rings (SSSR count). The maximum atomic E-state index is 3.63. The van der Waals surface area contributed by atoms with Crippen LogP contribution < -0.4 is 5.32 Å². The van der Waals surface area contributed by atoms with Gasteiger partial charge in [-0.05, 0) is 31.6 Å². The molecule has 0 aromatic rings. The number of piperazine rings is 1. The minimum Gasteiger partial charge on any atom is -0.311 e. The summed E-state index contributed by atoms with van der Waals surface area (Å²) in [6, 6.07) is 1.44. The molecule has 0 amide bonds. The molecule has 2 heteroatoms. The van der Waals surface area contributed by atoms with Crippen molar-refractivity contribution in [1.29, 1.82) is 0 Å². The van der Waals surface area contributed by atoms with Crippen LogP contribution >= 0.6 is 0 Å². The molecule has 1 saturated heterocycles. The fourth-order valence-corrected chi connectivity index (χ4v) is 3.39. The zero-order valence-electron chi connectivity index (χ0n) is 11.2. The molecule has 2 unspecified atom stereocenters. The third-order valence-corrected chi connectivity index (χ3v) is 4.39. The molecule has 2 fully saturated rings. The molecule has 16 heavy (non-hydrogen) atoms. The van der Waals surface area contributed by atoms with Crippen molar-refractivity contribution < 1.29 is 0 Å². The highest BCUT2D eigenvalue weighted by atomic mass is 15.2. The molecule has 1 N–H and O–H groups in total. The summed E-state index contributed by atoms with van der Waals surface area (Å²) in [5.74, 6) is 1.77. The first-order valence-corrected chi connectivity index (χ1v) is 7.14. The standard InChI is InChI=1S/C14H28N2/c1-11(2)14-8-15-12(3)9-16(14)10-13-6-4-5-7-13/h11-15H,4-10H2,1-3H3. The maximum absolute atomic E-state index is 3.63. The summed E-state index contributed by atoms with van der Waals surface area (Å²) in [6.45, 7) is 10.8. The highest BCUT2D eigenvalue weighted by Crippen LogP contribution is 2.27. The Bertz CT molecular complexity index is 209. The molecule has 94 valence electrons. The zero-order valence-corrected chi connectivity index (χ0v) is 11.2. The first-order valence-electron chi connectivity index (χ1n) is 7.14. The van der Waals surface area contributed by atoms with Crippen molar-refractivity contribution in [1.82, 2.24) is 10.2 Å². The lowest BCUT2D eigenvalue weighted by atomic mass is 9.96. The third kappa shape index (κ3) is 2.98. The molecule has 0 spiro atoms. The average Bonchev–Trinajstić information content (AvgIpc) is 2.70. The second-order valence-corrected chi connectivity index (χ2v) is 6.23. The van der Waals surface area contributed by atoms with E-state index in [0.717, 1.165) is 17.9 Å². The summed E-state index contributed by atoms with van der Waals surface area (Å²) in [5.41, 5.74) is 0. The lowest BCUT2D eigenvalue weighted by Gasteiger charge is -2.42. The van der Waals surface area contributed by atoms with E-state index in [2.05, 4.69) is 31.0 Å². The second-order valence-electron chi connectivity index (χ2n) is 6.23. The van der Waals surface area contributed by atoms with E-state index in [1.165, 1.54) is 45.3 Å². The van der Waals surface area contributed by atoms with Gasteiger partial charge in [0.2, 0.25) is 0 Å². The van der Waals surface area contributed by atoms with Crippen molar-refractivity contribution in [3.05, 3.63) is 0 Å². The summed E-state index contributed by atoms with van der Waals surface area (Å²) < 4.78 is 0. The second kappa shape index (κ2) is 5.50. The van der Waals surface area contributed by atoms with E-state index in [4.69, 9.17) is 0 Å². The summed E-state index contributed by atoms with van der Waals surface area (Å²) in [4.78, 5) is 2.77. The van der Waals surface area contributed by atoms with Gasteiger partial charge in [0.1, 0.15) is 0 Å². The highest BCUT2D eigenvalue weighted by molar-refractivity contribution is 4.87. The van der Waals surface area contributed by atoms with E-state index in [9.17, 15) is 0 Å². The van der Waals surface area contributed by atoms with Crippen LogP contribution in [0.3, 0.4) is 0 Å². The number of rotatable bonds is 3. The van der Waals surface area contributed by atoms with Gasteiger partial charge < -0.3 is 5.32 Å². The molecule has 2 aliphatic rings. The van der Waals surface area contributed by atoms with E-state index in [-0.39, 0.29) is 0 Å². The van der Waals surface area contributed by atoms with Crippen LogP contribution in [0.4, 0.5) is 0 Å². The number of nitrogens with one attached hydrogen (secondary N) is 1. The fraction of sp³-hybridized carbons (Fsp3) is 1.00. The topological polar surface area (TPSA) is 15.3 Å². The van der Waals surface area contributed by atoms with Crippen molar-refractivity contribution in [2.45, 2.75) is 58.5 Å². The molecule has 1 saturated carbocycles. The van der Waals surface area contributed by atoms with Gasteiger partial charge in [0, 0.05) is 31.7 Å². The van der Waals surface area contributed by atoms with Gasteiger partial charge in [-0.1, -0.05) is 26.7 Å². The highest BCUT2D eigenvalue weighted by Gasteiger charge is 2.30. The Hall–Kier alpha value is -0.0800. The van der Waals surface area contributed by atoms with E-state index in [1.54, 1.807) is 0 Å². The van der Waals surface area contributed by atoms with Gasteiger partial charge in [-0.2, -0.15) is 0 Å². The third-order valence-electron chi connectivity index (χ3n) is 4.39. The van der Waals surface area contributed by atoms with Crippen molar-refractivity contribution in [2.24, 2.45) is 11.8 Å². The van der Waals surface area contributed by atoms with Crippen LogP contribution in [-0.2, 0) is 0 Å². The summed E-state index contributed by atoms with van der Waals surface area (Å²) in [5, 5.41) is 3.63. The van der Waals surface area contributed by atoms with Gasteiger partial charge in [-0.15, -0.1) is 0 Å². The van der Waals surface area contributed by atoms with Crippen molar-refractivity contribution in [3.63, 3.8) is 0 Å². The predicted molar refractivity (Wildman–Crippen MR) is 69.6 cm³/mol. The Morgan fingerprint density at radius 1 is 1.25 bits per heavy atom. The largest absolute Gasteiger partial charge is 0.311 e. The van der Waals surface area contributed by atoms with Crippen LogP contribution in [-0.4, -0.2) is 36.6 Å². The van der Waals surface area contributed by atoms with Crippen LogP contribution in [0.15, 0.2) is 0 Å². The molecule has 0 radical (unpaired) electrons. The quantitative estimate of drug-likeness (QED) is 0.792. The van der Waals surface area contributed by atoms with Gasteiger partial charge in [0.15, 0.2) is 0 Å². The Morgan fingerprint density at radius 3 is 2.56 bits per heavy atom. The minimum absolute atomic E-state index is 0.677. The van der Waals surface area contributed by atoms with Gasteiger partial charge >= 0.3 is 0 Å². The van der Waals surface area contributed by atoms with Crippen LogP contribution in [0.5, 0.6) is 0 Å². The first-order chi connectivity index (χ1) is 7.66. The average molecular weight is 224 g/mol. The van der Waals surface area contributed by atoms with E-state index >= 15 is 0 Å². The molecule has 0 aromatic carbocycles. The Morgan fingerprint density at radius 2 is 1.94 bits per heavy atom. The van der Waals surface area contributed by atoms with Gasteiger partial charge in [0.05, 0.1) is 0 Å². The molecule has 0 aromatic heterocycles. The van der Waals surface area contributed by atoms with Crippen molar-refractivity contribution in [2.75, 3.05) is 19.6 Å². The molecule has 0 bridgehead atoms. The van der Waals surface area contributed by atoms with Crippen LogP contribution in [0.25, 0.3) is 0 Å². The van der Waals surface area contributed by atoms with E-state index in [1.807, 2.05) is 0 Å². The number of nitrogens with zero attached hydrogens (tertiary/aromatic N) is 1. The minimum atomic E-state index is 0.677. The SMILES string of the molecule is CC1CN(CC2CCCC2)C(C(C)C)CN1. The molecule has 2 atom stereocenters. The Labute approximate surface area is 101 Å². The Balaban J connectivity index is 1.91. The first kappa shape index (κ1) is 12.4. The molecular weight excluding hydrogens is 196 g/mol. The van der Waals surface area contributed by atoms with Crippen LogP contribution in [0, 0.1) is 11.8 Å². The zero-order chi connectivity index (χ0) is 11.5. The molecule has 1 aliphatic heterocycles. The maximum Gasteiger partial charge on any atom is 0.0244 e. The van der Waals surface area contributed by atoms with Gasteiger partial charge in [-0.3, -0.25) is 4.90 Å². The molecule has 1 heterocycles. The number of hydrogen-bond acceptors (Lipinski definition) is 2. The summed E-state index contributed by atoms with van der Waals surface area (Å²) in [7, 11) is 0. The summed E-state index contributed by atoms with van der Waals surface area (Å²) in [6.07, 6.45) is 5.89. The molecule has 1 aliphatic carbocycles. The van der Waals surface area contributed by atoms with Crippen LogP contribution in [0.2, 0.25) is 0 Å². The lowest BCUT2D eigenvalue weighted by molar-refractivity contribution is 0.0862. The van der Waals surface area contributed by atoms with E-state index < -0.39 is 0 Å². The molecular formula is C14H28N2. The normalized spacial score (nSPS) is 33.8. The molecule has 2 nitrogen and oxygen atoms in total. The van der Waals surface area contributed by atoms with Crippen molar-refractivity contribution >= 4 is 0 Å². The lowest BCUT2D eigenvalue weighted by Crippen LogP contribution is -2.58. The summed E-state index contributed by atoms with van der Waals surface area (Å²) >= 11 is 0. The predicted octanol–water partition coefficient (Wildman–Crippen LogP) is 2.49. The number of hydrogen-bond donors (Lipinski definition) is 1.